The van der Waals surface area contributed by atoms with E-state index in [0.29, 0.717) is 16.3 Å². The van der Waals surface area contributed by atoms with Crippen molar-refractivity contribution in [2.45, 2.75) is 13.0 Å². The molecule has 1 unspecified atom stereocenters. The second kappa shape index (κ2) is 4.86. The lowest BCUT2D eigenvalue weighted by atomic mass is 10.2. The zero-order valence-corrected chi connectivity index (χ0v) is 11.5. The summed E-state index contributed by atoms with van der Waals surface area (Å²) in [5.41, 5.74) is 1.90. The third kappa shape index (κ3) is 1.90. The van der Waals surface area contributed by atoms with E-state index in [0.717, 1.165) is 11.0 Å². The van der Waals surface area contributed by atoms with Crippen LogP contribution in [0.15, 0.2) is 24.8 Å². The van der Waals surface area contributed by atoms with Gasteiger partial charge in [-0.1, -0.05) is 6.08 Å². The molecular formula is C13H16N2O2S. The highest BCUT2D eigenvalue weighted by molar-refractivity contribution is 7.71. The van der Waals surface area contributed by atoms with E-state index in [2.05, 4.69) is 11.6 Å². The number of methoxy groups -OCH3 is 2. The summed E-state index contributed by atoms with van der Waals surface area (Å²) < 4.78 is 13.2. The van der Waals surface area contributed by atoms with E-state index >= 15 is 0 Å². The molecule has 18 heavy (non-hydrogen) atoms. The summed E-state index contributed by atoms with van der Waals surface area (Å²) in [5.74, 6) is 1.36. The molecule has 1 atom stereocenters. The zero-order valence-electron chi connectivity index (χ0n) is 10.7. The molecule has 5 heteroatoms. The third-order valence-electron chi connectivity index (χ3n) is 2.97. The Balaban J connectivity index is 2.78. The van der Waals surface area contributed by atoms with E-state index in [-0.39, 0.29) is 6.04 Å². The molecule has 1 heterocycles. The number of nitrogens with one attached hydrogen (secondary N) is 1. The standard InChI is InChI=1S/C13H16N2O2S/c1-5-8(2)15-10-7-12(17-4)11(16-3)6-9(10)14-13(15)18/h5-8H,1H2,2-4H3,(H,14,18). The van der Waals surface area contributed by atoms with Crippen LogP contribution in [0.3, 0.4) is 0 Å². The van der Waals surface area contributed by atoms with E-state index in [4.69, 9.17) is 21.7 Å². The monoisotopic (exact) mass is 264 g/mol. The van der Waals surface area contributed by atoms with Crippen molar-refractivity contribution in [1.82, 2.24) is 9.55 Å². The third-order valence-corrected chi connectivity index (χ3v) is 3.27. The van der Waals surface area contributed by atoms with Crippen LogP contribution in [0, 0.1) is 4.77 Å². The first kappa shape index (κ1) is 12.7. The lowest BCUT2D eigenvalue weighted by Gasteiger charge is -2.11. The van der Waals surface area contributed by atoms with Crippen molar-refractivity contribution in [2.75, 3.05) is 14.2 Å². The lowest BCUT2D eigenvalue weighted by molar-refractivity contribution is 0.355. The van der Waals surface area contributed by atoms with Crippen molar-refractivity contribution in [2.24, 2.45) is 0 Å². The van der Waals surface area contributed by atoms with Crippen LogP contribution in [-0.4, -0.2) is 23.8 Å². The molecule has 0 saturated carbocycles. The number of H-pyrrole nitrogens is 1. The van der Waals surface area contributed by atoms with Gasteiger partial charge in [0.25, 0.3) is 0 Å². The molecule has 96 valence electrons. The molecule has 2 rings (SSSR count). The van der Waals surface area contributed by atoms with Gasteiger partial charge in [0.2, 0.25) is 0 Å². The molecule has 0 aliphatic carbocycles. The maximum atomic E-state index is 5.33. The quantitative estimate of drug-likeness (QED) is 0.679. The van der Waals surface area contributed by atoms with Crippen molar-refractivity contribution in [1.29, 1.82) is 0 Å². The van der Waals surface area contributed by atoms with E-state index in [1.165, 1.54) is 0 Å². The number of benzene rings is 1. The van der Waals surface area contributed by atoms with Gasteiger partial charge in [-0.2, -0.15) is 0 Å². The Kier molecular flexibility index (Phi) is 3.43. The first-order valence-electron chi connectivity index (χ1n) is 5.61. The fraction of sp³-hybridized carbons (Fsp3) is 0.308. The number of hydrogen-bond donors (Lipinski definition) is 1. The van der Waals surface area contributed by atoms with Gasteiger partial charge in [0.15, 0.2) is 16.3 Å². The number of rotatable bonds is 4. The molecular weight excluding hydrogens is 248 g/mol. The maximum Gasteiger partial charge on any atom is 0.178 e. The Morgan fingerprint density at radius 2 is 1.94 bits per heavy atom. The minimum Gasteiger partial charge on any atom is -0.493 e. The maximum absolute atomic E-state index is 5.33. The van der Waals surface area contributed by atoms with Crippen molar-refractivity contribution >= 4 is 23.3 Å². The topological polar surface area (TPSA) is 39.2 Å². The number of ether oxygens (including phenoxy) is 2. The van der Waals surface area contributed by atoms with Crippen LogP contribution in [0.1, 0.15) is 13.0 Å². The highest BCUT2D eigenvalue weighted by Crippen LogP contribution is 2.33. The molecule has 1 aromatic carbocycles. The van der Waals surface area contributed by atoms with Crippen molar-refractivity contribution in [3.8, 4) is 11.5 Å². The summed E-state index contributed by atoms with van der Waals surface area (Å²) in [6, 6.07) is 3.92. The Hall–Kier alpha value is -1.75. The Morgan fingerprint density at radius 3 is 2.50 bits per heavy atom. The number of allylic oxidation sites excluding steroid dienone is 1. The number of hydrogen-bond acceptors (Lipinski definition) is 3. The summed E-state index contributed by atoms with van der Waals surface area (Å²) in [7, 11) is 3.23. The van der Waals surface area contributed by atoms with Crippen molar-refractivity contribution < 1.29 is 9.47 Å². The van der Waals surface area contributed by atoms with Crippen LogP contribution in [0.25, 0.3) is 11.0 Å². The van der Waals surface area contributed by atoms with Crippen molar-refractivity contribution in [3.05, 3.63) is 29.6 Å². The predicted octanol–water partition coefficient (Wildman–Crippen LogP) is 3.46. The summed E-state index contributed by atoms with van der Waals surface area (Å²) in [6.07, 6.45) is 1.85. The number of aromatic amines is 1. The predicted molar refractivity (Wildman–Crippen MR) is 75.1 cm³/mol. The average molecular weight is 264 g/mol. The molecule has 0 fully saturated rings. The summed E-state index contributed by atoms with van der Waals surface area (Å²) in [5, 5.41) is 0. The molecule has 0 aliphatic rings. The van der Waals surface area contributed by atoms with Crippen LogP contribution in [0.5, 0.6) is 11.5 Å². The minimum atomic E-state index is 0.115. The molecule has 1 aromatic heterocycles. The highest BCUT2D eigenvalue weighted by atomic mass is 32.1. The smallest absolute Gasteiger partial charge is 0.178 e. The average Bonchev–Trinajstić information content (AvgIpc) is 2.71. The second-order valence-electron chi connectivity index (χ2n) is 4.00. The Labute approximate surface area is 111 Å². The normalized spacial score (nSPS) is 12.4. The zero-order chi connectivity index (χ0) is 13.3. The fourth-order valence-corrected chi connectivity index (χ4v) is 2.34. The second-order valence-corrected chi connectivity index (χ2v) is 4.39. The van der Waals surface area contributed by atoms with Gasteiger partial charge in [-0.15, -0.1) is 6.58 Å². The largest absolute Gasteiger partial charge is 0.493 e. The van der Waals surface area contributed by atoms with Gasteiger partial charge >= 0.3 is 0 Å². The molecule has 0 saturated heterocycles. The van der Waals surface area contributed by atoms with E-state index in [1.807, 2.05) is 29.7 Å². The van der Waals surface area contributed by atoms with Crippen LogP contribution in [0.4, 0.5) is 0 Å². The van der Waals surface area contributed by atoms with Gasteiger partial charge < -0.3 is 19.0 Å². The molecule has 2 aromatic rings. The lowest BCUT2D eigenvalue weighted by Crippen LogP contribution is -2.01. The summed E-state index contributed by atoms with van der Waals surface area (Å²) in [4.78, 5) is 3.16. The van der Waals surface area contributed by atoms with Gasteiger partial charge in [-0.25, -0.2) is 0 Å². The molecule has 0 aliphatic heterocycles. The van der Waals surface area contributed by atoms with Gasteiger partial charge in [0.05, 0.1) is 31.3 Å². The van der Waals surface area contributed by atoms with Gasteiger partial charge in [0.1, 0.15) is 0 Å². The fourth-order valence-electron chi connectivity index (χ4n) is 1.96. The van der Waals surface area contributed by atoms with Crippen LogP contribution >= 0.6 is 12.2 Å². The first-order chi connectivity index (χ1) is 8.62. The molecule has 0 radical (unpaired) electrons. The van der Waals surface area contributed by atoms with Gasteiger partial charge in [-0.3, -0.25) is 0 Å². The van der Waals surface area contributed by atoms with E-state index in [1.54, 1.807) is 14.2 Å². The molecule has 0 amide bonds. The molecule has 1 N–H and O–H groups in total. The molecule has 0 spiro atoms. The van der Waals surface area contributed by atoms with Crippen LogP contribution < -0.4 is 9.47 Å². The SMILES string of the molecule is C=CC(C)n1c(=S)[nH]c2cc(OC)c(OC)cc21. The van der Waals surface area contributed by atoms with Crippen LogP contribution in [-0.2, 0) is 0 Å². The summed E-state index contributed by atoms with van der Waals surface area (Å²) >= 11 is 5.33. The number of aromatic nitrogens is 2. The number of fused-ring (bicyclic) bond motifs is 1. The first-order valence-corrected chi connectivity index (χ1v) is 6.02. The number of nitrogens with zero attached hydrogens (tertiary/aromatic N) is 1. The Bertz CT molecular complexity index is 642. The minimum absolute atomic E-state index is 0.115. The molecule has 4 nitrogen and oxygen atoms in total. The van der Waals surface area contributed by atoms with Gasteiger partial charge in [-0.05, 0) is 19.1 Å². The number of imidazole rings is 1. The van der Waals surface area contributed by atoms with Gasteiger partial charge in [0, 0.05) is 12.1 Å². The Morgan fingerprint density at radius 1 is 1.33 bits per heavy atom. The van der Waals surface area contributed by atoms with Crippen LogP contribution in [0.2, 0.25) is 0 Å². The van der Waals surface area contributed by atoms with E-state index in [9.17, 15) is 0 Å². The van der Waals surface area contributed by atoms with E-state index < -0.39 is 0 Å². The molecule has 0 bridgehead atoms. The van der Waals surface area contributed by atoms with Crippen molar-refractivity contribution in [3.63, 3.8) is 0 Å². The highest BCUT2D eigenvalue weighted by Gasteiger charge is 2.13. The summed E-state index contributed by atoms with van der Waals surface area (Å²) in [6.45, 7) is 5.84.